The molecule has 0 atom stereocenters. The van der Waals surface area contributed by atoms with E-state index >= 15 is 0 Å². The van der Waals surface area contributed by atoms with Crippen molar-refractivity contribution in [1.82, 2.24) is 5.32 Å². The van der Waals surface area contributed by atoms with Crippen molar-refractivity contribution in [2.75, 3.05) is 5.32 Å². The predicted octanol–water partition coefficient (Wildman–Crippen LogP) is 2.44. The number of amides is 2. The molecule has 2 amide bonds. The van der Waals surface area contributed by atoms with Crippen molar-refractivity contribution in [3.8, 4) is 6.07 Å². The Morgan fingerprint density at radius 1 is 1.12 bits per heavy atom. The number of benzene rings is 1. The summed E-state index contributed by atoms with van der Waals surface area (Å²) in [6.07, 6.45) is 6.02. The molecule has 4 aliphatic rings. The molecule has 24 heavy (non-hydrogen) atoms. The fourth-order valence-corrected chi connectivity index (χ4v) is 5.61. The molecular formula is C19H21N3O2. The van der Waals surface area contributed by atoms with Crippen LogP contribution in [0.1, 0.15) is 37.7 Å². The van der Waals surface area contributed by atoms with Crippen LogP contribution in [-0.4, -0.2) is 17.9 Å². The minimum absolute atomic E-state index is 0.161. The highest BCUT2D eigenvalue weighted by Gasteiger charge is 2.61. The number of nitrogens with zero attached hydrogens (tertiary/aromatic N) is 1. The highest BCUT2D eigenvalue weighted by atomic mass is 16.2. The van der Waals surface area contributed by atoms with Gasteiger partial charge in [-0.15, -0.1) is 0 Å². The molecule has 5 nitrogen and oxygen atoms in total. The standard InChI is InChI=1S/C19H21N3O2/c20-10-14-3-1-2-4-17(14)22-18(24)19(21-11-23)15-6-12-5-13(8-15)9-16(19)7-12/h1-4,11-13,15-16H,5-9H2,(H,21,23)(H,22,24). The third-order valence-electron chi connectivity index (χ3n) is 6.40. The number of hydrogen-bond donors (Lipinski definition) is 2. The van der Waals surface area contributed by atoms with Gasteiger partial charge < -0.3 is 10.6 Å². The number of rotatable bonds is 4. The second kappa shape index (κ2) is 5.62. The summed E-state index contributed by atoms with van der Waals surface area (Å²) in [7, 11) is 0. The van der Waals surface area contributed by atoms with Crippen molar-refractivity contribution in [3.05, 3.63) is 29.8 Å². The topological polar surface area (TPSA) is 82.0 Å². The quantitative estimate of drug-likeness (QED) is 0.835. The number of anilines is 1. The summed E-state index contributed by atoms with van der Waals surface area (Å²) in [5.74, 6) is 1.65. The average molecular weight is 323 g/mol. The lowest BCUT2D eigenvalue weighted by molar-refractivity contribution is -0.144. The van der Waals surface area contributed by atoms with E-state index in [2.05, 4.69) is 16.7 Å². The molecule has 124 valence electrons. The predicted molar refractivity (Wildman–Crippen MR) is 88.8 cm³/mol. The number of carbonyl (C=O) groups excluding carboxylic acids is 2. The molecule has 0 unspecified atom stereocenters. The van der Waals surface area contributed by atoms with Gasteiger partial charge in [-0.3, -0.25) is 9.59 Å². The Bertz CT molecular complexity index is 694. The van der Waals surface area contributed by atoms with Crippen LogP contribution in [-0.2, 0) is 9.59 Å². The average Bonchev–Trinajstić information content (AvgIpc) is 2.58. The Morgan fingerprint density at radius 3 is 2.33 bits per heavy atom. The summed E-state index contributed by atoms with van der Waals surface area (Å²) in [6.45, 7) is 0. The third-order valence-corrected chi connectivity index (χ3v) is 6.40. The number of nitriles is 1. The second-order valence-corrected chi connectivity index (χ2v) is 7.55. The molecule has 0 spiro atoms. The molecule has 0 aromatic heterocycles. The van der Waals surface area contributed by atoms with Crippen molar-refractivity contribution in [3.63, 3.8) is 0 Å². The van der Waals surface area contributed by atoms with Gasteiger partial charge in [0.25, 0.3) is 5.91 Å². The minimum atomic E-state index is -0.822. The molecule has 0 radical (unpaired) electrons. The van der Waals surface area contributed by atoms with E-state index in [1.54, 1.807) is 24.3 Å². The van der Waals surface area contributed by atoms with Crippen LogP contribution in [0.4, 0.5) is 5.69 Å². The lowest BCUT2D eigenvalue weighted by atomic mass is 9.48. The molecule has 0 saturated heterocycles. The fourth-order valence-electron chi connectivity index (χ4n) is 5.61. The van der Waals surface area contributed by atoms with Crippen molar-refractivity contribution in [2.24, 2.45) is 23.7 Å². The van der Waals surface area contributed by atoms with Gasteiger partial charge in [0.1, 0.15) is 11.6 Å². The molecule has 2 N–H and O–H groups in total. The molecule has 4 bridgehead atoms. The SMILES string of the molecule is N#Cc1ccccc1NC(=O)C1(NC=O)C2CC3CC(C2)CC1C3. The van der Waals surface area contributed by atoms with E-state index in [-0.39, 0.29) is 17.7 Å². The molecular weight excluding hydrogens is 302 g/mol. The maximum Gasteiger partial charge on any atom is 0.250 e. The normalized spacial score (nSPS) is 36.0. The van der Waals surface area contributed by atoms with Gasteiger partial charge in [-0.2, -0.15) is 5.26 Å². The highest BCUT2D eigenvalue weighted by molar-refractivity contribution is 6.01. The summed E-state index contributed by atoms with van der Waals surface area (Å²) >= 11 is 0. The van der Waals surface area contributed by atoms with Crippen LogP contribution < -0.4 is 10.6 Å². The van der Waals surface area contributed by atoms with E-state index in [0.717, 1.165) is 25.7 Å². The number of carbonyl (C=O) groups is 2. The maximum absolute atomic E-state index is 13.2. The van der Waals surface area contributed by atoms with Crippen molar-refractivity contribution >= 4 is 18.0 Å². The highest BCUT2D eigenvalue weighted by Crippen LogP contribution is 2.58. The molecule has 4 saturated carbocycles. The summed E-state index contributed by atoms with van der Waals surface area (Å²) < 4.78 is 0. The molecule has 1 aromatic rings. The summed E-state index contributed by atoms with van der Waals surface area (Å²) in [5, 5.41) is 15.1. The van der Waals surface area contributed by atoms with Gasteiger partial charge in [-0.05, 0) is 67.9 Å². The van der Waals surface area contributed by atoms with Gasteiger partial charge in [0.2, 0.25) is 6.41 Å². The Kier molecular flexibility index (Phi) is 3.56. The molecule has 0 aliphatic heterocycles. The third kappa shape index (κ3) is 2.13. The zero-order valence-corrected chi connectivity index (χ0v) is 13.5. The van der Waals surface area contributed by atoms with E-state index in [0.29, 0.717) is 29.5 Å². The van der Waals surface area contributed by atoms with Gasteiger partial charge in [0.15, 0.2) is 0 Å². The zero-order valence-electron chi connectivity index (χ0n) is 13.5. The first-order valence-corrected chi connectivity index (χ1v) is 8.69. The Hall–Kier alpha value is -2.35. The van der Waals surface area contributed by atoms with Crippen molar-refractivity contribution < 1.29 is 9.59 Å². The van der Waals surface area contributed by atoms with E-state index < -0.39 is 5.54 Å². The van der Waals surface area contributed by atoms with E-state index in [1.165, 1.54) is 6.42 Å². The number of hydrogen-bond acceptors (Lipinski definition) is 3. The molecule has 0 heterocycles. The summed E-state index contributed by atoms with van der Waals surface area (Å²) in [5.41, 5.74) is 0.138. The fraction of sp³-hybridized carbons (Fsp3) is 0.526. The maximum atomic E-state index is 13.2. The van der Waals surface area contributed by atoms with E-state index in [9.17, 15) is 14.9 Å². The van der Waals surface area contributed by atoms with Gasteiger partial charge in [-0.25, -0.2) is 0 Å². The van der Waals surface area contributed by atoms with Gasteiger partial charge >= 0.3 is 0 Å². The van der Waals surface area contributed by atoms with E-state index in [4.69, 9.17) is 0 Å². The first-order valence-electron chi connectivity index (χ1n) is 8.69. The summed E-state index contributed by atoms with van der Waals surface area (Å²) in [4.78, 5) is 24.6. The first kappa shape index (κ1) is 15.2. The lowest BCUT2D eigenvalue weighted by Crippen LogP contribution is -2.70. The molecule has 5 heteroatoms. The van der Waals surface area contributed by atoms with Crippen molar-refractivity contribution in [1.29, 1.82) is 5.26 Å². The van der Waals surface area contributed by atoms with Crippen LogP contribution in [0, 0.1) is 35.0 Å². The van der Waals surface area contributed by atoms with Crippen LogP contribution in [0.15, 0.2) is 24.3 Å². The Labute approximate surface area is 141 Å². The van der Waals surface area contributed by atoms with Gasteiger partial charge in [-0.1, -0.05) is 12.1 Å². The first-order chi connectivity index (χ1) is 11.7. The van der Waals surface area contributed by atoms with Crippen LogP contribution in [0.25, 0.3) is 0 Å². The van der Waals surface area contributed by atoms with Crippen LogP contribution >= 0.6 is 0 Å². The second-order valence-electron chi connectivity index (χ2n) is 7.55. The van der Waals surface area contributed by atoms with Gasteiger partial charge in [0, 0.05) is 0 Å². The largest absolute Gasteiger partial charge is 0.344 e. The molecule has 4 aliphatic carbocycles. The van der Waals surface area contributed by atoms with Crippen molar-refractivity contribution in [2.45, 2.75) is 37.6 Å². The molecule has 5 rings (SSSR count). The van der Waals surface area contributed by atoms with Crippen LogP contribution in [0.2, 0.25) is 0 Å². The smallest absolute Gasteiger partial charge is 0.250 e. The zero-order chi connectivity index (χ0) is 16.7. The minimum Gasteiger partial charge on any atom is -0.344 e. The molecule has 1 aromatic carbocycles. The summed E-state index contributed by atoms with van der Waals surface area (Å²) in [6, 6.07) is 9.11. The number of nitrogens with one attached hydrogen (secondary N) is 2. The lowest BCUT2D eigenvalue weighted by Gasteiger charge is -2.59. The van der Waals surface area contributed by atoms with Crippen LogP contribution in [0.3, 0.4) is 0 Å². The Morgan fingerprint density at radius 2 is 1.75 bits per heavy atom. The molecule has 4 fully saturated rings. The van der Waals surface area contributed by atoms with Gasteiger partial charge in [0.05, 0.1) is 11.3 Å². The monoisotopic (exact) mass is 323 g/mol. The number of para-hydroxylation sites is 1. The van der Waals surface area contributed by atoms with Crippen LogP contribution in [0.5, 0.6) is 0 Å². The van der Waals surface area contributed by atoms with E-state index in [1.807, 2.05) is 0 Å². The Balaban J connectivity index is 1.67.